The number of amides is 2. The van der Waals surface area contributed by atoms with E-state index in [4.69, 9.17) is 11.6 Å². The van der Waals surface area contributed by atoms with Crippen molar-refractivity contribution in [3.63, 3.8) is 0 Å². The number of aromatic nitrogens is 3. The first-order chi connectivity index (χ1) is 15.4. The van der Waals surface area contributed by atoms with Crippen LogP contribution < -0.4 is 16.0 Å². The number of nitrogens with one attached hydrogen (secondary N) is 3. The number of carbonyl (C=O) groups excluding carboxylic acids is 2. The SMILES string of the molecule is CNC(=O)c1ncccc1Nc1nc(Nc2ccc3c(c2)CC(=O)N(C)CC3)ncc1Cl. The monoisotopic (exact) mass is 451 g/mol. The predicted octanol–water partition coefficient (Wildman–Crippen LogP) is 2.93. The topological polar surface area (TPSA) is 112 Å². The third-order valence-corrected chi connectivity index (χ3v) is 5.47. The molecule has 0 radical (unpaired) electrons. The van der Waals surface area contributed by atoms with Crippen molar-refractivity contribution in [1.29, 1.82) is 0 Å². The molecule has 0 atom stereocenters. The average Bonchev–Trinajstić information content (AvgIpc) is 2.93. The van der Waals surface area contributed by atoms with Crippen molar-refractivity contribution < 1.29 is 9.59 Å². The molecule has 3 aromatic rings. The summed E-state index contributed by atoms with van der Waals surface area (Å²) in [6, 6.07) is 9.32. The molecule has 10 heteroatoms. The second-order valence-electron chi connectivity index (χ2n) is 7.34. The minimum atomic E-state index is -0.332. The number of likely N-dealkylation sites (N-methyl/N-ethyl adjacent to an activating group) is 1. The lowest BCUT2D eigenvalue weighted by Gasteiger charge is -2.13. The molecule has 0 saturated carbocycles. The molecular weight excluding hydrogens is 430 g/mol. The molecule has 1 aromatic carbocycles. The van der Waals surface area contributed by atoms with Crippen molar-refractivity contribution in [1.82, 2.24) is 25.2 Å². The molecule has 0 spiro atoms. The predicted molar refractivity (Wildman–Crippen MR) is 123 cm³/mol. The summed E-state index contributed by atoms with van der Waals surface area (Å²) < 4.78 is 0. The van der Waals surface area contributed by atoms with Crippen LogP contribution in [0, 0.1) is 0 Å². The molecule has 2 amide bonds. The normalized spacial score (nSPS) is 13.2. The Balaban J connectivity index is 1.58. The Kier molecular flexibility index (Phi) is 6.18. The number of benzene rings is 1. The third kappa shape index (κ3) is 4.62. The Morgan fingerprint density at radius 1 is 1.16 bits per heavy atom. The van der Waals surface area contributed by atoms with Crippen molar-refractivity contribution >= 4 is 46.6 Å². The molecule has 32 heavy (non-hydrogen) atoms. The molecule has 0 unspecified atom stereocenters. The molecular formula is C22H22ClN7O2. The van der Waals surface area contributed by atoms with Gasteiger partial charge in [0.25, 0.3) is 5.91 Å². The van der Waals surface area contributed by atoms with E-state index in [1.54, 1.807) is 17.0 Å². The second-order valence-corrected chi connectivity index (χ2v) is 7.75. The standard InChI is InChI=1S/C22H22ClN7O2/c1-24-21(32)19-17(4-3-8-25-19)28-20-16(23)12-26-22(29-20)27-15-6-5-13-7-9-30(2)18(31)11-14(13)10-15/h3-6,8,10,12H,7,9,11H2,1-2H3,(H,24,32)(H2,26,27,28,29). The van der Waals surface area contributed by atoms with E-state index >= 15 is 0 Å². The minimum absolute atomic E-state index is 0.0959. The first-order valence-corrected chi connectivity index (χ1v) is 10.4. The average molecular weight is 452 g/mol. The largest absolute Gasteiger partial charge is 0.354 e. The third-order valence-electron chi connectivity index (χ3n) is 5.19. The molecule has 9 nitrogen and oxygen atoms in total. The van der Waals surface area contributed by atoms with Crippen LogP contribution in [0.25, 0.3) is 0 Å². The summed E-state index contributed by atoms with van der Waals surface area (Å²) in [6.07, 6.45) is 4.18. The number of nitrogens with zero attached hydrogens (tertiary/aromatic N) is 4. The van der Waals surface area contributed by atoms with Gasteiger partial charge in [-0.05, 0) is 41.8 Å². The van der Waals surface area contributed by atoms with Gasteiger partial charge in [-0.15, -0.1) is 0 Å². The number of fused-ring (bicyclic) bond motifs is 1. The highest BCUT2D eigenvalue weighted by molar-refractivity contribution is 6.33. The van der Waals surface area contributed by atoms with Crippen LogP contribution in [-0.4, -0.2) is 52.3 Å². The Labute approximate surface area is 190 Å². The van der Waals surface area contributed by atoms with Gasteiger partial charge in [-0.1, -0.05) is 17.7 Å². The smallest absolute Gasteiger partial charge is 0.271 e. The zero-order valence-electron chi connectivity index (χ0n) is 17.6. The molecule has 1 aliphatic heterocycles. The lowest BCUT2D eigenvalue weighted by atomic mass is 10.0. The van der Waals surface area contributed by atoms with Gasteiger partial charge in [0.1, 0.15) is 5.02 Å². The van der Waals surface area contributed by atoms with Crippen LogP contribution in [0.2, 0.25) is 5.02 Å². The number of hydrogen-bond acceptors (Lipinski definition) is 7. The maximum atomic E-state index is 12.2. The zero-order chi connectivity index (χ0) is 22.7. The van der Waals surface area contributed by atoms with Crippen molar-refractivity contribution in [3.8, 4) is 0 Å². The molecule has 0 bridgehead atoms. The number of halogens is 1. The van der Waals surface area contributed by atoms with Gasteiger partial charge in [0.2, 0.25) is 11.9 Å². The van der Waals surface area contributed by atoms with Gasteiger partial charge in [-0.3, -0.25) is 9.59 Å². The lowest BCUT2D eigenvalue weighted by molar-refractivity contribution is -0.128. The quantitative estimate of drug-likeness (QED) is 0.546. The highest BCUT2D eigenvalue weighted by Gasteiger charge is 2.18. The summed E-state index contributed by atoms with van der Waals surface area (Å²) in [5.41, 5.74) is 3.60. The number of rotatable bonds is 5. The van der Waals surface area contributed by atoms with E-state index in [1.807, 2.05) is 25.2 Å². The van der Waals surface area contributed by atoms with Crippen molar-refractivity contribution in [3.05, 3.63) is 64.6 Å². The number of pyridine rings is 1. The van der Waals surface area contributed by atoms with Gasteiger partial charge in [0.05, 0.1) is 18.3 Å². The Hall–Kier alpha value is -3.72. The Bertz CT molecular complexity index is 1180. The van der Waals surface area contributed by atoms with Gasteiger partial charge < -0.3 is 20.9 Å². The fraction of sp³-hybridized carbons (Fsp3) is 0.227. The van der Waals surface area contributed by atoms with Crippen LogP contribution in [0.4, 0.5) is 23.1 Å². The van der Waals surface area contributed by atoms with Gasteiger partial charge in [-0.25, -0.2) is 9.97 Å². The maximum Gasteiger partial charge on any atom is 0.271 e. The first kappa shape index (κ1) is 21.5. The first-order valence-electron chi connectivity index (χ1n) is 10.0. The van der Waals surface area contributed by atoms with E-state index < -0.39 is 0 Å². The molecule has 0 aliphatic carbocycles. The second kappa shape index (κ2) is 9.19. The summed E-state index contributed by atoms with van der Waals surface area (Å²) in [5, 5.41) is 9.06. The van der Waals surface area contributed by atoms with E-state index in [0.29, 0.717) is 30.4 Å². The molecule has 3 N–H and O–H groups in total. The van der Waals surface area contributed by atoms with E-state index in [1.165, 1.54) is 19.4 Å². The zero-order valence-corrected chi connectivity index (χ0v) is 18.4. The van der Waals surface area contributed by atoms with Gasteiger partial charge >= 0.3 is 0 Å². The molecule has 1 aliphatic rings. The van der Waals surface area contributed by atoms with Gasteiger partial charge in [0, 0.05) is 32.5 Å². The van der Waals surface area contributed by atoms with E-state index in [9.17, 15) is 9.59 Å². The van der Waals surface area contributed by atoms with Crippen molar-refractivity contribution in [2.45, 2.75) is 12.8 Å². The molecule has 4 rings (SSSR count). The van der Waals surface area contributed by atoms with Crippen LogP contribution in [0.3, 0.4) is 0 Å². The van der Waals surface area contributed by atoms with Gasteiger partial charge in [0.15, 0.2) is 11.5 Å². The molecule has 164 valence electrons. The fourth-order valence-electron chi connectivity index (χ4n) is 3.40. The maximum absolute atomic E-state index is 12.2. The summed E-state index contributed by atoms with van der Waals surface area (Å²) in [4.78, 5) is 38.9. The van der Waals surface area contributed by atoms with Crippen LogP contribution in [0.15, 0.2) is 42.7 Å². The Morgan fingerprint density at radius 2 is 2.00 bits per heavy atom. The van der Waals surface area contributed by atoms with Crippen molar-refractivity contribution in [2.75, 3.05) is 31.3 Å². The van der Waals surface area contributed by atoms with Crippen LogP contribution in [0.5, 0.6) is 0 Å². The lowest BCUT2D eigenvalue weighted by Crippen LogP contribution is -2.27. The highest BCUT2D eigenvalue weighted by Crippen LogP contribution is 2.27. The van der Waals surface area contributed by atoms with E-state index in [0.717, 1.165) is 23.2 Å². The summed E-state index contributed by atoms with van der Waals surface area (Å²) in [7, 11) is 3.36. The van der Waals surface area contributed by atoms with Gasteiger partial charge in [-0.2, -0.15) is 4.98 Å². The fourth-order valence-corrected chi connectivity index (χ4v) is 3.54. The molecule has 0 fully saturated rings. The van der Waals surface area contributed by atoms with Crippen molar-refractivity contribution in [2.24, 2.45) is 0 Å². The van der Waals surface area contributed by atoms with E-state index in [2.05, 4.69) is 30.9 Å². The summed E-state index contributed by atoms with van der Waals surface area (Å²) >= 11 is 6.28. The highest BCUT2D eigenvalue weighted by atomic mass is 35.5. The Morgan fingerprint density at radius 3 is 2.81 bits per heavy atom. The van der Waals surface area contributed by atoms with E-state index in [-0.39, 0.29) is 22.5 Å². The number of anilines is 4. The van der Waals surface area contributed by atoms with Crippen LogP contribution in [0.1, 0.15) is 21.6 Å². The van der Waals surface area contributed by atoms with Crippen LogP contribution in [-0.2, 0) is 17.6 Å². The summed E-state index contributed by atoms with van der Waals surface area (Å²) in [6.45, 7) is 0.709. The molecule has 2 aromatic heterocycles. The minimum Gasteiger partial charge on any atom is -0.354 e. The number of hydrogen-bond donors (Lipinski definition) is 3. The van der Waals surface area contributed by atoms with Crippen LogP contribution >= 0.6 is 11.6 Å². The number of carbonyl (C=O) groups is 2. The molecule has 3 heterocycles. The summed E-state index contributed by atoms with van der Waals surface area (Å²) in [5.74, 6) is 0.411. The molecule has 0 saturated heterocycles.